The molecule has 1 atom stereocenters. The van der Waals surface area contributed by atoms with E-state index in [1.807, 2.05) is 16.8 Å². The topological polar surface area (TPSA) is 78.7 Å². The molecule has 3 aromatic rings. The van der Waals surface area contributed by atoms with Crippen molar-refractivity contribution < 1.29 is 4.79 Å². The summed E-state index contributed by atoms with van der Waals surface area (Å²) in [5.41, 5.74) is 2.26. The zero-order chi connectivity index (χ0) is 18.1. The van der Waals surface area contributed by atoms with E-state index < -0.39 is 0 Å². The van der Waals surface area contributed by atoms with E-state index in [0.29, 0.717) is 11.2 Å². The van der Waals surface area contributed by atoms with Crippen LogP contribution in [0.4, 0.5) is 10.3 Å². The first kappa shape index (κ1) is 16.9. The highest BCUT2D eigenvalue weighted by molar-refractivity contribution is 7.19. The van der Waals surface area contributed by atoms with Crippen LogP contribution in [0, 0.1) is 0 Å². The average Bonchev–Trinajstić information content (AvgIpc) is 3.29. The fourth-order valence-corrected chi connectivity index (χ4v) is 4.08. The van der Waals surface area contributed by atoms with Gasteiger partial charge in [0.1, 0.15) is 5.65 Å². The van der Waals surface area contributed by atoms with Gasteiger partial charge in [-0.3, -0.25) is 9.69 Å². The minimum absolute atomic E-state index is 0.124. The quantitative estimate of drug-likeness (QED) is 0.756. The van der Waals surface area contributed by atoms with Crippen LogP contribution in [-0.4, -0.2) is 56.6 Å². The van der Waals surface area contributed by atoms with Crippen molar-refractivity contribution in [1.29, 1.82) is 0 Å². The molecule has 8 nitrogen and oxygen atoms in total. The Balaban J connectivity index is 1.39. The molecule has 4 rings (SSSR count). The number of hydrogen-bond donors (Lipinski definition) is 1. The molecule has 0 radical (unpaired) electrons. The molecule has 9 heteroatoms. The lowest BCUT2D eigenvalue weighted by atomic mass is 10.1. The Kier molecular flexibility index (Phi) is 4.56. The molecule has 1 amide bonds. The second-order valence-electron chi connectivity index (χ2n) is 6.42. The molecule has 3 aromatic heterocycles. The number of nitrogens with zero attached hydrogens (tertiary/aromatic N) is 6. The molecule has 1 unspecified atom stereocenters. The second-order valence-corrected chi connectivity index (χ2v) is 7.38. The summed E-state index contributed by atoms with van der Waals surface area (Å²) in [7, 11) is 0. The van der Waals surface area contributed by atoms with Gasteiger partial charge in [-0.05, 0) is 24.6 Å². The van der Waals surface area contributed by atoms with E-state index >= 15 is 0 Å². The SMILES string of the molecule is CC(=O)Nc1nnc(N2CCN(C(C)c3ccn4ccnc4c3)CC2)s1. The molecule has 0 bridgehead atoms. The number of nitrogens with one attached hydrogen (secondary N) is 1. The first-order valence-electron chi connectivity index (χ1n) is 8.63. The van der Waals surface area contributed by atoms with E-state index in [0.717, 1.165) is 37.0 Å². The molecular weight excluding hydrogens is 350 g/mol. The number of hydrogen-bond acceptors (Lipinski definition) is 7. The minimum Gasteiger partial charge on any atom is -0.344 e. The van der Waals surface area contributed by atoms with Gasteiger partial charge < -0.3 is 14.6 Å². The average molecular weight is 371 g/mol. The van der Waals surface area contributed by atoms with Crippen molar-refractivity contribution in [3.05, 3.63) is 36.3 Å². The molecule has 0 saturated carbocycles. The summed E-state index contributed by atoms with van der Waals surface area (Å²) >= 11 is 1.42. The largest absolute Gasteiger partial charge is 0.344 e. The lowest BCUT2D eigenvalue weighted by Crippen LogP contribution is -2.47. The smallest absolute Gasteiger partial charge is 0.223 e. The first-order valence-corrected chi connectivity index (χ1v) is 9.44. The molecular formula is C17H21N7OS. The second kappa shape index (κ2) is 7.00. The minimum atomic E-state index is -0.124. The highest BCUT2D eigenvalue weighted by Crippen LogP contribution is 2.27. The Labute approximate surface area is 155 Å². The van der Waals surface area contributed by atoms with Crippen LogP contribution in [0.3, 0.4) is 0 Å². The zero-order valence-corrected chi connectivity index (χ0v) is 15.6. The number of imidazole rings is 1. The maximum Gasteiger partial charge on any atom is 0.223 e. The number of aromatic nitrogens is 4. The third-order valence-electron chi connectivity index (χ3n) is 4.73. The van der Waals surface area contributed by atoms with Gasteiger partial charge in [-0.25, -0.2) is 4.98 Å². The number of pyridine rings is 1. The van der Waals surface area contributed by atoms with Gasteiger partial charge in [0.15, 0.2) is 0 Å². The monoisotopic (exact) mass is 371 g/mol. The van der Waals surface area contributed by atoms with Crippen LogP contribution in [-0.2, 0) is 4.79 Å². The summed E-state index contributed by atoms with van der Waals surface area (Å²) in [6.45, 7) is 7.41. The summed E-state index contributed by atoms with van der Waals surface area (Å²) in [5, 5.41) is 12.3. The lowest BCUT2D eigenvalue weighted by Gasteiger charge is -2.37. The number of fused-ring (bicyclic) bond motifs is 1. The number of anilines is 2. The highest BCUT2D eigenvalue weighted by Gasteiger charge is 2.24. The Morgan fingerprint density at radius 2 is 2.04 bits per heavy atom. The molecule has 0 aliphatic carbocycles. The van der Waals surface area contributed by atoms with Crippen LogP contribution < -0.4 is 10.2 Å². The van der Waals surface area contributed by atoms with Crippen LogP contribution in [0.15, 0.2) is 30.7 Å². The number of piperazine rings is 1. The van der Waals surface area contributed by atoms with Crippen molar-refractivity contribution in [3.63, 3.8) is 0 Å². The van der Waals surface area contributed by atoms with E-state index in [2.05, 4.69) is 55.6 Å². The Morgan fingerprint density at radius 3 is 2.81 bits per heavy atom. The fraction of sp³-hybridized carbons (Fsp3) is 0.412. The van der Waals surface area contributed by atoms with Gasteiger partial charge >= 0.3 is 0 Å². The lowest BCUT2D eigenvalue weighted by molar-refractivity contribution is -0.114. The third kappa shape index (κ3) is 3.40. The predicted molar refractivity (Wildman–Crippen MR) is 102 cm³/mol. The molecule has 1 N–H and O–H groups in total. The summed E-state index contributed by atoms with van der Waals surface area (Å²) in [6.07, 6.45) is 5.84. The Hall–Kier alpha value is -2.52. The number of carbonyl (C=O) groups is 1. The van der Waals surface area contributed by atoms with Crippen molar-refractivity contribution in [1.82, 2.24) is 24.5 Å². The van der Waals surface area contributed by atoms with Crippen molar-refractivity contribution >= 4 is 33.2 Å². The summed E-state index contributed by atoms with van der Waals surface area (Å²) in [6, 6.07) is 4.65. The molecule has 1 aliphatic rings. The molecule has 4 heterocycles. The van der Waals surface area contributed by atoms with Gasteiger partial charge in [0, 0.05) is 57.7 Å². The molecule has 136 valence electrons. The van der Waals surface area contributed by atoms with E-state index in [-0.39, 0.29) is 5.91 Å². The standard InChI is InChI=1S/C17H21N7OS/c1-12(14-3-5-23-6-4-18-15(23)11-14)22-7-9-24(10-8-22)17-21-20-16(26-17)19-13(2)25/h3-6,11-12H,7-10H2,1-2H3,(H,19,20,25). The normalized spacial score (nSPS) is 16.8. The summed E-state index contributed by atoms with van der Waals surface area (Å²) in [5.74, 6) is -0.124. The maximum absolute atomic E-state index is 11.1. The van der Waals surface area contributed by atoms with Crippen LogP contribution in [0.2, 0.25) is 0 Å². The van der Waals surface area contributed by atoms with Crippen LogP contribution in [0.5, 0.6) is 0 Å². The van der Waals surface area contributed by atoms with Crippen LogP contribution >= 0.6 is 11.3 Å². The van der Waals surface area contributed by atoms with Crippen LogP contribution in [0.25, 0.3) is 5.65 Å². The molecule has 1 fully saturated rings. The molecule has 0 spiro atoms. The van der Waals surface area contributed by atoms with Gasteiger partial charge in [0.2, 0.25) is 16.2 Å². The van der Waals surface area contributed by atoms with E-state index in [9.17, 15) is 4.79 Å². The first-order chi connectivity index (χ1) is 12.6. The Bertz CT molecular complexity index is 913. The molecule has 1 aliphatic heterocycles. The van der Waals surface area contributed by atoms with E-state index in [1.165, 1.54) is 23.8 Å². The summed E-state index contributed by atoms with van der Waals surface area (Å²) in [4.78, 5) is 20.2. The van der Waals surface area contributed by atoms with Crippen molar-refractivity contribution in [2.24, 2.45) is 0 Å². The predicted octanol–water partition coefficient (Wildman–Crippen LogP) is 2.03. The number of rotatable bonds is 4. The highest BCUT2D eigenvalue weighted by atomic mass is 32.1. The summed E-state index contributed by atoms with van der Waals surface area (Å²) < 4.78 is 2.02. The molecule has 0 aromatic carbocycles. The molecule has 1 saturated heterocycles. The van der Waals surface area contributed by atoms with Crippen molar-refractivity contribution in [3.8, 4) is 0 Å². The number of carbonyl (C=O) groups excluding carboxylic acids is 1. The van der Waals surface area contributed by atoms with E-state index in [1.54, 1.807) is 0 Å². The zero-order valence-electron chi connectivity index (χ0n) is 14.8. The van der Waals surface area contributed by atoms with Crippen molar-refractivity contribution in [2.75, 3.05) is 36.4 Å². The number of amides is 1. The van der Waals surface area contributed by atoms with Gasteiger partial charge in [0.05, 0.1) is 0 Å². The fourth-order valence-electron chi connectivity index (χ4n) is 3.24. The van der Waals surface area contributed by atoms with Gasteiger partial charge in [-0.1, -0.05) is 11.3 Å². The maximum atomic E-state index is 11.1. The van der Waals surface area contributed by atoms with Gasteiger partial charge in [-0.15, -0.1) is 10.2 Å². The van der Waals surface area contributed by atoms with E-state index in [4.69, 9.17) is 0 Å². The third-order valence-corrected chi connectivity index (χ3v) is 5.63. The molecule has 26 heavy (non-hydrogen) atoms. The van der Waals surface area contributed by atoms with Gasteiger partial charge in [-0.2, -0.15) is 0 Å². The van der Waals surface area contributed by atoms with Crippen molar-refractivity contribution in [2.45, 2.75) is 19.9 Å². The van der Waals surface area contributed by atoms with Gasteiger partial charge in [0.25, 0.3) is 0 Å². The Morgan fingerprint density at radius 1 is 1.23 bits per heavy atom. The van der Waals surface area contributed by atoms with Crippen LogP contribution in [0.1, 0.15) is 25.5 Å².